The molecule has 0 saturated carbocycles. The summed E-state index contributed by atoms with van der Waals surface area (Å²) in [6.07, 6.45) is 2.79. The highest BCUT2D eigenvalue weighted by Crippen LogP contribution is 2.29. The fourth-order valence-corrected chi connectivity index (χ4v) is 7.38. The lowest BCUT2D eigenvalue weighted by atomic mass is 10.0. The van der Waals surface area contributed by atoms with Crippen molar-refractivity contribution in [3.63, 3.8) is 0 Å². The average Bonchev–Trinajstić information content (AvgIpc) is 3.26. The van der Waals surface area contributed by atoms with Crippen LogP contribution < -0.4 is 5.32 Å². The number of thiazole rings is 1. The Morgan fingerprint density at radius 2 is 1.89 bits per heavy atom. The number of benzene rings is 2. The number of fused-ring (bicyclic) bond motifs is 1. The van der Waals surface area contributed by atoms with Crippen molar-refractivity contribution in [3.05, 3.63) is 76.3 Å². The molecule has 0 spiro atoms. The minimum Gasteiger partial charge on any atom is -0.298 e. The van der Waals surface area contributed by atoms with Crippen LogP contribution in [0.5, 0.6) is 0 Å². The second kappa shape index (κ2) is 10.2. The number of piperidine rings is 1. The summed E-state index contributed by atoms with van der Waals surface area (Å²) in [5, 5.41) is 3.48. The molecule has 3 heterocycles. The van der Waals surface area contributed by atoms with Gasteiger partial charge in [0.15, 0.2) is 5.13 Å². The van der Waals surface area contributed by atoms with Gasteiger partial charge in [-0.3, -0.25) is 15.0 Å². The Labute approximate surface area is 210 Å². The molecule has 184 valence electrons. The minimum atomic E-state index is -3.54. The average molecular weight is 511 g/mol. The maximum absolute atomic E-state index is 13.0. The van der Waals surface area contributed by atoms with Gasteiger partial charge >= 0.3 is 0 Å². The summed E-state index contributed by atoms with van der Waals surface area (Å²) in [6, 6.07) is 16.6. The molecule has 1 amide bonds. The molecule has 35 heavy (non-hydrogen) atoms. The van der Waals surface area contributed by atoms with Crippen molar-refractivity contribution in [2.45, 2.75) is 44.2 Å². The summed E-state index contributed by atoms with van der Waals surface area (Å²) in [5.74, 6) is 0.0749. The Bertz CT molecular complexity index is 1290. The number of anilines is 1. The largest absolute Gasteiger partial charge is 0.298 e. The van der Waals surface area contributed by atoms with Gasteiger partial charge in [-0.15, -0.1) is 11.3 Å². The van der Waals surface area contributed by atoms with Crippen molar-refractivity contribution in [1.29, 1.82) is 0 Å². The highest BCUT2D eigenvalue weighted by Gasteiger charge is 2.29. The molecular formula is C26H30N4O3S2. The lowest BCUT2D eigenvalue weighted by molar-refractivity contribution is 0.102. The maximum atomic E-state index is 13.0. The molecule has 9 heteroatoms. The van der Waals surface area contributed by atoms with E-state index in [1.807, 2.05) is 6.07 Å². The SMILES string of the molecule is CC1CCCN(S(=O)(=O)c2ccc(C(=O)Nc3nc4c(s3)CN(Cc3ccccc3)CC4)cc2)C1. The zero-order valence-electron chi connectivity index (χ0n) is 19.8. The fraction of sp³-hybridized carbons (Fsp3) is 0.385. The van der Waals surface area contributed by atoms with E-state index in [1.165, 1.54) is 33.9 Å². The highest BCUT2D eigenvalue weighted by molar-refractivity contribution is 7.89. The van der Waals surface area contributed by atoms with Crippen LogP contribution in [0.4, 0.5) is 5.13 Å². The first kappa shape index (κ1) is 24.1. The predicted octanol–water partition coefficient (Wildman–Crippen LogP) is 4.37. The molecule has 2 aliphatic heterocycles. The van der Waals surface area contributed by atoms with E-state index in [4.69, 9.17) is 0 Å². The van der Waals surface area contributed by atoms with Gasteiger partial charge in [-0.25, -0.2) is 13.4 Å². The molecule has 2 aromatic carbocycles. The van der Waals surface area contributed by atoms with Crippen LogP contribution in [-0.2, 0) is 29.5 Å². The summed E-state index contributed by atoms with van der Waals surface area (Å²) in [6.45, 7) is 5.82. The summed E-state index contributed by atoms with van der Waals surface area (Å²) in [4.78, 5) is 21.3. The zero-order chi connectivity index (χ0) is 24.4. The monoisotopic (exact) mass is 510 g/mol. The van der Waals surface area contributed by atoms with E-state index in [-0.39, 0.29) is 10.8 Å². The van der Waals surface area contributed by atoms with Crippen LogP contribution in [0.2, 0.25) is 0 Å². The quantitative estimate of drug-likeness (QED) is 0.532. The number of hydrogen-bond donors (Lipinski definition) is 1. The molecule has 0 radical (unpaired) electrons. The molecule has 1 N–H and O–H groups in total. The number of nitrogens with zero attached hydrogens (tertiary/aromatic N) is 3. The Kier molecular flexibility index (Phi) is 7.02. The number of amides is 1. The van der Waals surface area contributed by atoms with E-state index >= 15 is 0 Å². The molecule has 0 bridgehead atoms. The first-order valence-corrected chi connectivity index (χ1v) is 14.3. The van der Waals surface area contributed by atoms with Gasteiger partial charge in [0.2, 0.25) is 10.0 Å². The van der Waals surface area contributed by atoms with Gasteiger partial charge in [0.1, 0.15) is 0 Å². The first-order valence-electron chi connectivity index (χ1n) is 12.0. The fourth-order valence-electron chi connectivity index (χ4n) is 4.74. The molecule has 1 fully saturated rings. The van der Waals surface area contributed by atoms with Crippen molar-refractivity contribution >= 4 is 32.4 Å². The zero-order valence-corrected chi connectivity index (χ0v) is 21.4. The number of hydrogen-bond acceptors (Lipinski definition) is 6. The molecule has 2 aliphatic rings. The van der Waals surface area contributed by atoms with E-state index in [0.717, 1.165) is 44.6 Å². The summed E-state index contributed by atoms with van der Waals surface area (Å²) < 4.78 is 27.5. The van der Waals surface area contributed by atoms with Crippen molar-refractivity contribution in [2.24, 2.45) is 5.92 Å². The van der Waals surface area contributed by atoms with Crippen molar-refractivity contribution < 1.29 is 13.2 Å². The Morgan fingerprint density at radius 3 is 2.63 bits per heavy atom. The van der Waals surface area contributed by atoms with Gasteiger partial charge < -0.3 is 0 Å². The third kappa shape index (κ3) is 5.48. The van der Waals surface area contributed by atoms with Crippen LogP contribution >= 0.6 is 11.3 Å². The maximum Gasteiger partial charge on any atom is 0.257 e. The van der Waals surface area contributed by atoms with Crippen LogP contribution in [0, 0.1) is 5.92 Å². The Hall–Kier alpha value is -2.59. The molecule has 1 saturated heterocycles. The van der Waals surface area contributed by atoms with Crippen molar-refractivity contribution in [1.82, 2.24) is 14.2 Å². The Morgan fingerprint density at radius 1 is 1.11 bits per heavy atom. The smallest absolute Gasteiger partial charge is 0.257 e. The van der Waals surface area contributed by atoms with Gasteiger partial charge in [0.25, 0.3) is 5.91 Å². The van der Waals surface area contributed by atoms with Gasteiger partial charge in [0.05, 0.1) is 10.6 Å². The predicted molar refractivity (Wildman–Crippen MR) is 138 cm³/mol. The summed E-state index contributed by atoms with van der Waals surface area (Å²) >= 11 is 1.51. The number of aromatic nitrogens is 1. The highest BCUT2D eigenvalue weighted by atomic mass is 32.2. The van der Waals surface area contributed by atoms with Gasteiger partial charge in [-0.05, 0) is 48.6 Å². The van der Waals surface area contributed by atoms with E-state index < -0.39 is 10.0 Å². The second-order valence-corrected chi connectivity index (χ2v) is 12.4. The molecular weight excluding hydrogens is 480 g/mol. The molecule has 3 aromatic rings. The van der Waals surface area contributed by atoms with Crippen LogP contribution in [-0.4, -0.2) is 48.1 Å². The molecule has 7 nitrogen and oxygen atoms in total. The number of carbonyl (C=O) groups excluding carboxylic acids is 1. The molecule has 0 aliphatic carbocycles. The second-order valence-electron chi connectivity index (χ2n) is 9.42. The number of nitrogens with one attached hydrogen (secondary N) is 1. The molecule has 1 aromatic heterocycles. The van der Waals surface area contributed by atoms with Gasteiger partial charge in [-0.2, -0.15) is 4.31 Å². The van der Waals surface area contributed by atoms with Crippen LogP contribution in [0.15, 0.2) is 59.5 Å². The standard InChI is InChI=1S/C26H30N4O3S2/c1-19-6-5-14-30(16-19)35(32,33)22-11-9-21(10-12-22)25(31)28-26-27-23-13-15-29(18-24(23)34-26)17-20-7-3-2-4-8-20/h2-4,7-12,19H,5-6,13-18H2,1H3,(H,27,28,31). The number of rotatable bonds is 6. The normalized spacial score (nSPS) is 19.3. The first-order chi connectivity index (χ1) is 16.9. The van der Waals surface area contributed by atoms with Gasteiger partial charge in [-0.1, -0.05) is 37.3 Å². The molecule has 1 unspecified atom stereocenters. The van der Waals surface area contributed by atoms with E-state index in [1.54, 1.807) is 16.4 Å². The topological polar surface area (TPSA) is 82.6 Å². The third-order valence-corrected chi connectivity index (χ3v) is 9.53. The number of sulfonamides is 1. The lowest BCUT2D eigenvalue weighted by Crippen LogP contribution is -2.39. The van der Waals surface area contributed by atoms with Crippen molar-refractivity contribution in [2.75, 3.05) is 25.0 Å². The van der Waals surface area contributed by atoms with Crippen molar-refractivity contribution in [3.8, 4) is 0 Å². The third-order valence-electron chi connectivity index (χ3n) is 6.65. The van der Waals surface area contributed by atoms with E-state index in [9.17, 15) is 13.2 Å². The summed E-state index contributed by atoms with van der Waals surface area (Å²) in [7, 11) is -3.54. The van der Waals surface area contributed by atoms with Gasteiger partial charge in [0, 0.05) is 49.6 Å². The van der Waals surface area contributed by atoms with Crippen LogP contribution in [0.25, 0.3) is 0 Å². The lowest BCUT2D eigenvalue weighted by Gasteiger charge is -2.30. The van der Waals surface area contributed by atoms with Crippen LogP contribution in [0.3, 0.4) is 0 Å². The minimum absolute atomic E-state index is 0.228. The Balaban J connectivity index is 1.22. The van der Waals surface area contributed by atoms with Crippen LogP contribution in [0.1, 0.15) is 46.3 Å². The molecule has 5 rings (SSSR count). The molecule has 1 atom stereocenters. The number of carbonyl (C=O) groups is 1. The summed E-state index contributed by atoms with van der Waals surface area (Å²) in [5.41, 5.74) is 2.75. The van der Waals surface area contributed by atoms with E-state index in [2.05, 4.69) is 46.4 Å². The van der Waals surface area contributed by atoms with E-state index in [0.29, 0.717) is 29.7 Å².